The summed E-state index contributed by atoms with van der Waals surface area (Å²) in [6, 6.07) is 23.1. The van der Waals surface area contributed by atoms with Gasteiger partial charge in [0.2, 0.25) is 0 Å². The molecule has 41 heavy (non-hydrogen) atoms. The number of carbonyl (C=O) groups is 1. The van der Waals surface area contributed by atoms with Crippen LogP contribution in [0.15, 0.2) is 88.7 Å². The number of pyridine rings is 1. The van der Waals surface area contributed by atoms with E-state index in [0.717, 1.165) is 30.1 Å². The van der Waals surface area contributed by atoms with Gasteiger partial charge in [-0.3, -0.25) is 18.9 Å². The molecule has 10 heteroatoms. The number of nitrogens with zero attached hydrogens (tertiary/aromatic N) is 5. The molecule has 2 fully saturated rings. The standard InChI is InChI=1S/C31H29N5O3S2/c1-21(22-8-4-3-5-9-22)36-30(38)26(41-31(36)40)20-25-28(32-27-10-6-7-15-35(27)29(25)37)34-18-16-33(17-19-34)23-11-13-24(39-2)14-12-23/h3-15,20-21H,16-19H2,1-2H3/b26-20-/t21-/m1/s1. The third kappa shape index (κ3) is 5.20. The van der Waals surface area contributed by atoms with E-state index in [9.17, 15) is 9.59 Å². The van der Waals surface area contributed by atoms with Crippen molar-refractivity contribution in [3.05, 3.63) is 105 Å². The van der Waals surface area contributed by atoms with Gasteiger partial charge in [-0.25, -0.2) is 4.98 Å². The van der Waals surface area contributed by atoms with Crippen molar-refractivity contribution in [3.63, 3.8) is 0 Å². The van der Waals surface area contributed by atoms with Crippen molar-refractivity contribution >= 4 is 57.4 Å². The average molecular weight is 584 g/mol. The lowest BCUT2D eigenvalue weighted by Gasteiger charge is -2.37. The predicted octanol–water partition coefficient (Wildman–Crippen LogP) is 4.99. The number of piperazine rings is 1. The number of hydrogen-bond acceptors (Lipinski definition) is 8. The number of methoxy groups -OCH3 is 1. The van der Waals surface area contributed by atoms with Gasteiger partial charge in [0.1, 0.15) is 21.5 Å². The van der Waals surface area contributed by atoms with Crippen LogP contribution >= 0.6 is 24.0 Å². The van der Waals surface area contributed by atoms with E-state index in [1.165, 1.54) is 16.2 Å². The molecule has 0 aliphatic carbocycles. The van der Waals surface area contributed by atoms with Gasteiger partial charge in [0, 0.05) is 38.1 Å². The topological polar surface area (TPSA) is 70.4 Å². The highest BCUT2D eigenvalue weighted by molar-refractivity contribution is 8.26. The number of thioether (sulfide) groups is 1. The number of aromatic nitrogens is 2. The molecule has 1 atom stereocenters. The molecule has 0 bridgehead atoms. The third-order valence-corrected chi connectivity index (χ3v) is 8.86. The van der Waals surface area contributed by atoms with Crippen LogP contribution in [0.4, 0.5) is 11.5 Å². The van der Waals surface area contributed by atoms with Gasteiger partial charge in [-0.1, -0.05) is 60.4 Å². The Labute approximate surface area is 247 Å². The summed E-state index contributed by atoms with van der Waals surface area (Å²) in [6.07, 6.45) is 3.38. The normalized spacial score (nSPS) is 17.5. The van der Waals surface area contributed by atoms with Crippen molar-refractivity contribution in [1.82, 2.24) is 14.3 Å². The maximum Gasteiger partial charge on any atom is 0.267 e. The number of amides is 1. The molecule has 4 aromatic rings. The SMILES string of the molecule is COc1ccc(N2CCN(c3nc4ccccn4c(=O)c3/C=C3\SC(=S)N([C@H](C)c4ccccc4)C3=O)CC2)cc1. The van der Waals surface area contributed by atoms with Crippen LogP contribution in [-0.4, -0.2) is 57.8 Å². The molecule has 2 aliphatic heterocycles. The van der Waals surface area contributed by atoms with E-state index < -0.39 is 0 Å². The van der Waals surface area contributed by atoms with Crippen molar-refractivity contribution in [2.45, 2.75) is 13.0 Å². The monoisotopic (exact) mass is 583 g/mol. The van der Waals surface area contributed by atoms with E-state index in [1.807, 2.05) is 61.5 Å². The number of benzene rings is 2. The van der Waals surface area contributed by atoms with E-state index in [1.54, 1.807) is 30.3 Å². The van der Waals surface area contributed by atoms with Crippen LogP contribution in [-0.2, 0) is 4.79 Å². The molecule has 0 radical (unpaired) electrons. The molecule has 8 nitrogen and oxygen atoms in total. The van der Waals surface area contributed by atoms with Gasteiger partial charge in [0.15, 0.2) is 0 Å². The van der Waals surface area contributed by atoms with Gasteiger partial charge in [-0.15, -0.1) is 0 Å². The summed E-state index contributed by atoms with van der Waals surface area (Å²) in [5.41, 5.74) is 2.85. The van der Waals surface area contributed by atoms with Crippen molar-refractivity contribution in [3.8, 4) is 5.75 Å². The molecular formula is C31H29N5O3S2. The zero-order valence-corrected chi connectivity index (χ0v) is 24.4. The number of carbonyl (C=O) groups excluding carboxylic acids is 1. The third-order valence-electron chi connectivity index (χ3n) is 7.53. The first-order valence-corrected chi connectivity index (χ1v) is 14.6. The van der Waals surface area contributed by atoms with E-state index in [2.05, 4.69) is 21.9 Å². The van der Waals surface area contributed by atoms with Crippen molar-refractivity contribution in [2.24, 2.45) is 0 Å². The van der Waals surface area contributed by atoms with Gasteiger partial charge in [-0.2, -0.15) is 0 Å². The largest absolute Gasteiger partial charge is 0.497 e. The van der Waals surface area contributed by atoms with Crippen LogP contribution in [0.25, 0.3) is 11.7 Å². The Kier molecular flexibility index (Phi) is 7.51. The maximum absolute atomic E-state index is 13.8. The quantitative estimate of drug-likeness (QED) is 0.232. The van der Waals surface area contributed by atoms with Gasteiger partial charge in [0.05, 0.1) is 23.6 Å². The van der Waals surface area contributed by atoms with E-state index in [0.29, 0.717) is 39.3 Å². The first kappa shape index (κ1) is 27.0. The fraction of sp³-hybridized carbons (Fsp3) is 0.226. The molecule has 2 aromatic heterocycles. The summed E-state index contributed by atoms with van der Waals surface area (Å²) in [5.74, 6) is 1.20. The number of hydrogen-bond donors (Lipinski definition) is 0. The van der Waals surface area contributed by atoms with Crippen LogP contribution in [0, 0.1) is 0 Å². The smallest absolute Gasteiger partial charge is 0.267 e. The number of anilines is 2. The number of thiocarbonyl (C=S) groups is 1. The van der Waals surface area contributed by atoms with Gasteiger partial charge in [0.25, 0.3) is 11.5 Å². The van der Waals surface area contributed by atoms with Crippen molar-refractivity contribution in [2.75, 3.05) is 43.1 Å². The molecule has 0 spiro atoms. The minimum absolute atomic E-state index is 0.204. The van der Waals surface area contributed by atoms with Crippen LogP contribution in [0.5, 0.6) is 5.75 Å². The maximum atomic E-state index is 13.8. The van der Waals surface area contributed by atoms with Crippen LogP contribution in [0.1, 0.15) is 24.1 Å². The molecule has 2 saturated heterocycles. The zero-order chi connectivity index (χ0) is 28.5. The minimum atomic E-state index is -0.226. The van der Waals surface area contributed by atoms with Gasteiger partial charge in [-0.05, 0) is 55.0 Å². The van der Waals surface area contributed by atoms with Gasteiger partial charge < -0.3 is 14.5 Å². The molecule has 2 aromatic carbocycles. The Morgan fingerprint density at radius 1 is 0.927 bits per heavy atom. The first-order valence-electron chi connectivity index (χ1n) is 13.4. The van der Waals surface area contributed by atoms with Crippen molar-refractivity contribution < 1.29 is 9.53 Å². The molecule has 0 saturated carbocycles. The zero-order valence-electron chi connectivity index (χ0n) is 22.8. The second-order valence-corrected chi connectivity index (χ2v) is 11.6. The van der Waals surface area contributed by atoms with Gasteiger partial charge >= 0.3 is 0 Å². The average Bonchev–Trinajstić information content (AvgIpc) is 3.30. The summed E-state index contributed by atoms with van der Waals surface area (Å²) in [6.45, 7) is 4.84. The second kappa shape index (κ2) is 11.4. The molecule has 0 N–H and O–H groups in total. The van der Waals surface area contributed by atoms with Crippen LogP contribution < -0.4 is 20.1 Å². The Bertz CT molecular complexity index is 1700. The highest BCUT2D eigenvalue weighted by Crippen LogP contribution is 2.38. The summed E-state index contributed by atoms with van der Waals surface area (Å²) in [5, 5.41) is 0. The Hall–Kier alpha value is -4.15. The highest BCUT2D eigenvalue weighted by atomic mass is 32.2. The number of fused-ring (bicyclic) bond motifs is 1. The molecular weight excluding hydrogens is 555 g/mol. The molecule has 0 unspecified atom stereocenters. The van der Waals surface area contributed by atoms with E-state index >= 15 is 0 Å². The Balaban J connectivity index is 1.33. The van der Waals surface area contributed by atoms with Crippen LogP contribution in [0.2, 0.25) is 0 Å². The summed E-state index contributed by atoms with van der Waals surface area (Å²) in [7, 11) is 1.66. The summed E-state index contributed by atoms with van der Waals surface area (Å²) < 4.78 is 7.29. The fourth-order valence-electron chi connectivity index (χ4n) is 5.25. The summed E-state index contributed by atoms with van der Waals surface area (Å²) >= 11 is 6.86. The number of rotatable bonds is 6. The lowest BCUT2D eigenvalue weighted by atomic mass is 10.1. The lowest BCUT2D eigenvalue weighted by molar-refractivity contribution is -0.123. The Morgan fingerprint density at radius 3 is 2.32 bits per heavy atom. The van der Waals surface area contributed by atoms with E-state index in [-0.39, 0.29) is 17.5 Å². The number of ether oxygens (including phenoxy) is 1. The first-order chi connectivity index (χ1) is 19.9. The molecule has 4 heterocycles. The fourth-order valence-corrected chi connectivity index (χ4v) is 6.65. The minimum Gasteiger partial charge on any atom is -0.497 e. The Morgan fingerprint density at radius 2 is 1.61 bits per heavy atom. The molecule has 6 rings (SSSR count). The molecule has 2 aliphatic rings. The lowest BCUT2D eigenvalue weighted by Crippen LogP contribution is -2.47. The van der Waals surface area contributed by atoms with E-state index in [4.69, 9.17) is 21.9 Å². The molecule has 1 amide bonds. The van der Waals surface area contributed by atoms with Crippen molar-refractivity contribution in [1.29, 1.82) is 0 Å². The summed E-state index contributed by atoms with van der Waals surface area (Å²) in [4.78, 5) is 38.8. The highest BCUT2D eigenvalue weighted by Gasteiger charge is 2.36. The predicted molar refractivity (Wildman–Crippen MR) is 169 cm³/mol. The van der Waals surface area contributed by atoms with Crippen LogP contribution in [0.3, 0.4) is 0 Å². The molecule has 208 valence electrons. The second-order valence-electron chi connectivity index (χ2n) is 9.89.